The molecule has 3 heterocycles. The molecule has 0 unspecified atom stereocenters. The number of amides is 1. The van der Waals surface area contributed by atoms with E-state index in [2.05, 4.69) is 26.8 Å². The number of piperazine rings is 1. The molecule has 2 fully saturated rings. The van der Waals surface area contributed by atoms with Crippen LogP contribution in [0.25, 0.3) is 22.2 Å². The highest BCUT2D eigenvalue weighted by Gasteiger charge is 2.37. The highest BCUT2D eigenvalue weighted by atomic mass is 35.5. The van der Waals surface area contributed by atoms with Crippen LogP contribution in [-0.2, 0) is 4.79 Å². The van der Waals surface area contributed by atoms with E-state index in [0.717, 1.165) is 48.8 Å². The van der Waals surface area contributed by atoms with E-state index in [-0.39, 0.29) is 11.9 Å². The number of aliphatic hydroxyl groups is 1. The molecule has 1 aliphatic heterocycles. The Hall–Kier alpha value is -2.94. The molecular weight excluding hydrogens is 464 g/mol. The minimum Gasteiger partial charge on any atom is -0.388 e. The van der Waals surface area contributed by atoms with Gasteiger partial charge in [0.1, 0.15) is 0 Å². The number of carbonyl (C=O) groups excluding carboxylic acids is 1. The third kappa shape index (κ3) is 5.19. The Kier molecular flexibility index (Phi) is 6.77. The largest absolute Gasteiger partial charge is 0.388 e. The summed E-state index contributed by atoms with van der Waals surface area (Å²) < 4.78 is 0. The van der Waals surface area contributed by atoms with E-state index in [1.54, 1.807) is 6.20 Å². The number of carbonyl (C=O) groups is 1. The van der Waals surface area contributed by atoms with Crippen LogP contribution in [0.2, 0.25) is 5.02 Å². The summed E-state index contributed by atoms with van der Waals surface area (Å²) in [6, 6.07) is 8.11. The molecule has 0 spiro atoms. The lowest BCUT2D eigenvalue weighted by atomic mass is 9.81. The molecule has 9 heteroatoms. The Morgan fingerprint density at radius 1 is 1.31 bits per heavy atom. The lowest BCUT2D eigenvalue weighted by Crippen LogP contribution is -2.54. The summed E-state index contributed by atoms with van der Waals surface area (Å²) in [6.45, 7) is 7.02. The van der Waals surface area contributed by atoms with Crippen molar-refractivity contribution in [1.29, 1.82) is 0 Å². The number of fused-ring (bicyclic) bond motifs is 1. The van der Waals surface area contributed by atoms with E-state index in [1.165, 1.54) is 6.08 Å². The van der Waals surface area contributed by atoms with Crippen LogP contribution in [-0.4, -0.2) is 80.1 Å². The van der Waals surface area contributed by atoms with Gasteiger partial charge < -0.3 is 20.3 Å². The van der Waals surface area contributed by atoms with Crippen molar-refractivity contribution in [3.05, 3.63) is 54.3 Å². The topological polar surface area (TPSA) is 97.4 Å². The van der Waals surface area contributed by atoms with E-state index >= 15 is 0 Å². The van der Waals surface area contributed by atoms with Crippen molar-refractivity contribution in [3.8, 4) is 11.3 Å². The lowest BCUT2D eigenvalue weighted by Gasteiger charge is -2.42. The first-order chi connectivity index (χ1) is 16.9. The minimum atomic E-state index is -0.785. The number of halogens is 1. The Morgan fingerprint density at radius 3 is 2.91 bits per heavy atom. The van der Waals surface area contributed by atoms with Crippen molar-refractivity contribution in [2.75, 3.05) is 38.0 Å². The number of hydrogen-bond acceptors (Lipinski definition) is 6. The number of nitrogens with one attached hydrogen (secondary N) is 2. The molecule has 0 bridgehead atoms. The van der Waals surface area contributed by atoms with Gasteiger partial charge in [-0.2, -0.15) is 0 Å². The zero-order valence-electron chi connectivity index (χ0n) is 19.7. The maximum atomic E-state index is 11.8. The third-order valence-electron chi connectivity index (χ3n) is 7.12. The van der Waals surface area contributed by atoms with Crippen molar-refractivity contribution in [1.82, 2.24) is 24.8 Å². The van der Waals surface area contributed by atoms with Gasteiger partial charge in [-0.3, -0.25) is 9.69 Å². The van der Waals surface area contributed by atoms with Crippen molar-refractivity contribution < 1.29 is 9.90 Å². The standard InChI is InChI=1S/C26H31ClN6O2/c1-2-23(34)33-12-10-32(11-13-33)17-26(35)9-5-6-18(14-26)30-25-29-16-21(27)24(31-25)20-15-28-22-8-4-3-7-19(20)22/h2-4,7-8,15-16,18,28,35H,1,5-6,9-14,17H2,(H,29,30,31)/t18-,26+/m1/s1. The molecule has 2 atom stereocenters. The van der Waals surface area contributed by atoms with Crippen LogP contribution in [0.3, 0.4) is 0 Å². The van der Waals surface area contributed by atoms with Crippen molar-refractivity contribution in [3.63, 3.8) is 0 Å². The number of β-amino-alcohol motifs (C(OH)–C–C–N with tert-alkyl or cyclic N) is 1. The Balaban J connectivity index is 1.25. The summed E-state index contributed by atoms with van der Waals surface area (Å²) in [4.78, 5) is 28.3. The number of aromatic amines is 1. The number of hydrogen-bond donors (Lipinski definition) is 3. The van der Waals surface area contributed by atoms with Crippen molar-refractivity contribution >= 4 is 34.4 Å². The first-order valence-corrected chi connectivity index (χ1v) is 12.5. The minimum absolute atomic E-state index is 0.0275. The smallest absolute Gasteiger partial charge is 0.246 e. The van der Waals surface area contributed by atoms with E-state index in [9.17, 15) is 9.90 Å². The molecule has 184 valence electrons. The van der Waals surface area contributed by atoms with E-state index in [1.807, 2.05) is 35.4 Å². The van der Waals surface area contributed by atoms with Crippen molar-refractivity contribution in [2.24, 2.45) is 0 Å². The molecule has 35 heavy (non-hydrogen) atoms. The molecular formula is C26H31ClN6O2. The number of benzene rings is 1. The SMILES string of the molecule is C=CC(=O)N1CCN(C[C@]2(O)CCC[C@@H](Nc3ncc(Cl)c(-c4c[nH]c5ccccc45)n3)C2)CC1. The maximum absolute atomic E-state index is 11.8. The molecule has 1 amide bonds. The average Bonchev–Trinajstić information content (AvgIpc) is 3.29. The van der Waals surface area contributed by atoms with E-state index in [4.69, 9.17) is 16.6 Å². The van der Waals surface area contributed by atoms with Crippen LogP contribution in [0.4, 0.5) is 5.95 Å². The summed E-state index contributed by atoms with van der Waals surface area (Å²) in [6.07, 6.45) is 8.16. The number of aromatic nitrogens is 3. The van der Waals surface area contributed by atoms with Gasteiger partial charge in [-0.25, -0.2) is 9.97 Å². The van der Waals surface area contributed by atoms with Gasteiger partial charge in [-0.1, -0.05) is 36.4 Å². The van der Waals surface area contributed by atoms with Gasteiger partial charge in [0.05, 0.1) is 22.5 Å². The second-order valence-corrected chi connectivity index (χ2v) is 10.0. The van der Waals surface area contributed by atoms with Gasteiger partial charge in [0.2, 0.25) is 11.9 Å². The van der Waals surface area contributed by atoms with Crippen molar-refractivity contribution in [2.45, 2.75) is 37.3 Å². The molecule has 5 rings (SSSR count). The average molecular weight is 495 g/mol. The summed E-state index contributed by atoms with van der Waals surface area (Å²) in [5.41, 5.74) is 1.86. The van der Waals surface area contributed by atoms with Gasteiger partial charge in [0.15, 0.2) is 0 Å². The van der Waals surface area contributed by atoms with Crippen LogP contribution in [0.15, 0.2) is 49.3 Å². The van der Waals surface area contributed by atoms with Gasteiger partial charge >= 0.3 is 0 Å². The molecule has 1 saturated carbocycles. The molecule has 1 saturated heterocycles. The quantitative estimate of drug-likeness (QED) is 0.452. The van der Waals surface area contributed by atoms with Crippen LogP contribution in [0, 0.1) is 0 Å². The highest BCUT2D eigenvalue weighted by Crippen LogP contribution is 2.34. The summed E-state index contributed by atoms with van der Waals surface area (Å²) in [5, 5.41) is 16.4. The lowest BCUT2D eigenvalue weighted by molar-refractivity contribution is -0.128. The van der Waals surface area contributed by atoms with E-state index < -0.39 is 5.60 Å². The van der Waals surface area contributed by atoms with Crippen LogP contribution in [0.5, 0.6) is 0 Å². The second-order valence-electron chi connectivity index (χ2n) is 9.61. The second kappa shape index (κ2) is 9.97. The number of rotatable bonds is 6. The Morgan fingerprint density at radius 2 is 2.11 bits per heavy atom. The molecule has 1 aliphatic carbocycles. The fraction of sp³-hybridized carbons (Fsp3) is 0.423. The van der Waals surface area contributed by atoms with Gasteiger partial charge in [-0.05, 0) is 37.8 Å². The number of anilines is 1. The molecule has 8 nitrogen and oxygen atoms in total. The molecule has 3 aromatic rings. The highest BCUT2D eigenvalue weighted by molar-refractivity contribution is 6.33. The first-order valence-electron chi connectivity index (χ1n) is 12.2. The molecule has 0 radical (unpaired) electrons. The van der Waals surface area contributed by atoms with E-state index in [0.29, 0.717) is 42.7 Å². The molecule has 2 aromatic heterocycles. The number of nitrogens with zero attached hydrogens (tertiary/aromatic N) is 4. The fourth-order valence-electron chi connectivity index (χ4n) is 5.35. The molecule has 1 aromatic carbocycles. The Labute approximate surface area is 210 Å². The first kappa shape index (κ1) is 23.8. The molecule has 3 N–H and O–H groups in total. The van der Waals surface area contributed by atoms with Gasteiger partial charge in [0, 0.05) is 61.4 Å². The normalized spacial score (nSPS) is 23.4. The predicted molar refractivity (Wildman–Crippen MR) is 138 cm³/mol. The van der Waals surface area contributed by atoms with Crippen LogP contribution < -0.4 is 5.32 Å². The summed E-state index contributed by atoms with van der Waals surface area (Å²) in [7, 11) is 0. The summed E-state index contributed by atoms with van der Waals surface area (Å²) in [5.74, 6) is 0.487. The van der Waals surface area contributed by atoms with Crippen LogP contribution >= 0.6 is 11.6 Å². The predicted octanol–water partition coefficient (Wildman–Crippen LogP) is 3.69. The summed E-state index contributed by atoms with van der Waals surface area (Å²) >= 11 is 6.48. The van der Waals surface area contributed by atoms with Gasteiger partial charge in [-0.15, -0.1) is 0 Å². The zero-order chi connectivity index (χ0) is 24.4. The Bertz CT molecular complexity index is 1220. The third-order valence-corrected chi connectivity index (χ3v) is 7.40. The zero-order valence-corrected chi connectivity index (χ0v) is 20.5. The monoisotopic (exact) mass is 494 g/mol. The molecule has 2 aliphatic rings. The van der Waals surface area contributed by atoms with Crippen LogP contribution in [0.1, 0.15) is 25.7 Å². The fourth-order valence-corrected chi connectivity index (χ4v) is 5.55. The maximum Gasteiger partial charge on any atom is 0.246 e. The van der Waals surface area contributed by atoms with Gasteiger partial charge in [0.25, 0.3) is 0 Å². The number of H-pyrrole nitrogens is 1. The number of para-hydroxylation sites is 1.